The van der Waals surface area contributed by atoms with Crippen LogP contribution in [0.15, 0.2) is 96.2 Å². The number of ether oxygens (including phenoxy) is 1. The van der Waals surface area contributed by atoms with Gasteiger partial charge in [0.25, 0.3) is 0 Å². The number of thioether (sulfide) groups is 1. The molecule has 3 nitrogen and oxygen atoms in total. The summed E-state index contributed by atoms with van der Waals surface area (Å²) in [6.07, 6.45) is 0. The molecular formula is C24H19F3N2OS. The molecular weight excluding hydrogens is 421 g/mol. The van der Waals surface area contributed by atoms with E-state index >= 15 is 0 Å². The summed E-state index contributed by atoms with van der Waals surface area (Å²) in [5.74, 6) is 0. The van der Waals surface area contributed by atoms with Crippen molar-refractivity contribution in [2.24, 2.45) is 0 Å². The minimum atomic E-state index is -4.47. The average molecular weight is 440 g/mol. The summed E-state index contributed by atoms with van der Waals surface area (Å²) in [4.78, 5) is 4.39. The summed E-state index contributed by atoms with van der Waals surface area (Å²) in [7, 11) is 0. The van der Waals surface area contributed by atoms with Crippen LogP contribution in [0.25, 0.3) is 22.5 Å². The number of halogens is 3. The Kier molecular flexibility index (Phi) is 6.44. The van der Waals surface area contributed by atoms with Gasteiger partial charge in [0, 0.05) is 22.9 Å². The SMILES string of the molecule is FC(F)(F)Sc1nc(-c2ccccc2)c(-c2ccccc2)n1COCc1ccccc1. The van der Waals surface area contributed by atoms with Crippen LogP contribution in [0.3, 0.4) is 0 Å². The van der Waals surface area contributed by atoms with Gasteiger partial charge in [0.15, 0.2) is 5.16 Å². The van der Waals surface area contributed by atoms with E-state index in [1.165, 1.54) is 4.57 Å². The fraction of sp³-hybridized carbons (Fsp3) is 0.125. The molecule has 0 bridgehead atoms. The predicted octanol–water partition coefficient (Wildman–Crippen LogP) is 7.00. The molecule has 1 aromatic heterocycles. The van der Waals surface area contributed by atoms with E-state index in [2.05, 4.69) is 4.98 Å². The Morgan fingerprint density at radius 3 is 1.90 bits per heavy atom. The second kappa shape index (κ2) is 9.41. The second-order valence-electron chi connectivity index (χ2n) is 6.76. The lowest BCUT2D eigenvalue weighted by Crippen LogP contribution is -2.09. The topological polar surface area (TPSA) is 27.1 Å². The van der Waals surface area contributed by atoms with Gasteiger partial charge in [0.05, 0.1) is 18.0 Å². The van der Waals surface area contributed by atoms with Crippen LogP contribution >= 0.6 is 11.8 Å². The highest BCUT2D eigenvalue weighted by molar-refractivity contribution is 8.00. The first-order valence-electron chi connectivity index (χ1n) is 9.60. The van der Waals surface area contributed by atoms with Crippen molar-refractivity contribution in [3.05, 3.63) is 96.6 Å². The molecule has 158 valence electrons. The van der Waals surface area contributed by atoms with Crippen LogP contribution in [0.2, 0.25) is 0 Å². The summed E-state index contributed by atoms with van der Waals surface area (Å²) in [6.45, 7) is 0.224. The zero-order valence-corrected chi connectivity index (χ0v) is 17.2. The highest BCUT2D eigenvalue weighted by Gasteiger charge is 2.34. The molecule has 0 aliphatic heterocycles. The maximum Gasteiger partial charge on any atom is 0.449 e. The van der Waals surface area contributed by atoms with E-state index in [9.17, 15) is 13.2 Å². The maximum atomic E-state index is 13.3. The van der Waals surface area contributed by atoms with E-state index in [0.29, 0.717) is 11.4 Å². The number of rotatable bonds is 7. The van der Waals surface area contributed by atoms with Gasteiger partial charge in [-0.2, -0.15) is 13.2 Å². The number of hydrogen-bond donors (Lipinski definition) is 0. The molecule has 4 rings (SSSR count). The van der Waals surface area contributed by atoms with Crippen LogP contribution in [0.1, 0.15) is 5.56 Å². The molecule has 0 amide bonds. The van der Waals surface area contributed by atoms with Crippen LogP contribution < -0.4 is 0 Å². The quantitative estimate of drug-likeness (QED) is 0.290. The molecule has 0 saturated carbocycles. The first kappa shape index (κ1) is 21.2. The van der Waals surface area contributed by atoms with Crippen molar-refractivity contribution < 1.29 is 17.9 Å². The molecule has 0 fully saturated rings. The van der Waals surface area contributed by atoms with Gasteiger partial charge in [-0.25, -0.2) is 4.98 Å². The van der Waals surface area contributed by atoms with Crippen molar-refractivity contribution in [1.82, 2.24) is 9.55 Å². The standard InChI is InChI=1S/C24H19F3N2OS/c25-24(26,27)31-23-28-21(19-12-6-2-7-13-19)22(20-14-8-3-9-15-20)29(23)17-30-16-18-10-4-1-5-11-18/h1-15H,16-17H2. The minimum Gasteiger partial charge on any atom is -0.356 e. The molecule has 0 aliphatic carbocycles. The van der Waals surface area contributed by atoms with Crippen molar-refractivity contribution in [2.45, 2.75) is 24.0 Å². The number of alkyl halides is 3. The molecule has 1 heterocycles. The molecule has 7 heteroatoms. The Morgan fingerprint density at radius 1 is 0.774 bits per heavy atom. The lowest BCUT2D eigenvalue weighted by Gasteiger charge is -2.14. The number of imidazole rings is 1. The van der Waals surface area contributed by atoms with Gasteiger partial charge in [-0.1, -0.05) is 91.0 Å². The molecule has 0 N–H and O–H groups in total. The van der Waals surface area contributed by atoms with Crippen molar-refractivity contribution in [2.75, 3.05) is 0 Å². The summed E-state index contributed by atoms with van der Waals surface area (Å²) in [5, 5.41) is -0.154. The molecule has 3 aromatic carbocycles. The minimum absolute atomic E-state index is 0.0582. The number of nitrogens with zero attached hydrogens (tertiary/aromatic N) is 2. The van der Waals surface area contributed by atoms with Gasteiger partial charge in [0.1, 0.15) is 6.73 Å². The van der Waals surface area contributed by atoms with Gasteiger partial charge in [0.2, 0.25) is 0 Å². The number of benzene rings is 3. The largest absolute Gasteiger partial charge is 0.449 e. The van der Waals surface area contributed by atoms with E-state index in [-0.39, 0.29) is 30.3 Å². The Bertz CT molecular complexity index is 1110. The fourth-order valence-corrected chi connectivity index (χ4v) is 3.85. The molecule has 0 radical (unpaired) electrons. The van der Waals surface area contributed by atoms with Gasteiger partial charge >= 0.3 is 5.51 Å². The Labute approximate surface area is 182 Å². The van der Waals surface area contributed by atoms with Gasteiger partial charge in [-0.05, 0) is 5.56 Å². The van der Waals surface area contributed by atoms with Crippen molar-refractivity contribution in [1.29, 1.82) is 0 Å². The van der Waals surface area contributed by atoms with E-state index < -0.39 is 5.51 Å². The van der Waals surface area contributed by atoms with E-state index in [4.69, 9.17) is 4.74 Å². The monoisotopic (exact) mass is 440 g/mol. The molecule has 0 saturated heterocycles. The number of aromatic nitrogens is 2. The molecule has 31 heavy (non-hydrogen) atoms. The third-order valence-corrected chi connectivity index (χ3v) is 5.29. The highest BCUT2D eigenvalue weighted by atomic mass is 32.2. The Morgan fingerprint density at radius 2 is 1.32 bits per heavy atom. The molecule has 0 aliphatic rings. The molecule has 0 unspecified atom stereocenters. The lowest BCUT2D eigenvalue weighted by molar-refractivity contribution is -0.0335. The summed E-state index contributed by atoms with van der Waals surface area (Å²) in [6, 6.07) is 28.0. The van der Waals surface area contributed by atoms with Gasteiger partial charge in [-0.15, -0.1) is 0 Å². The number of hydrogen-bond acceptors (Lipinski definition) is 3. The fourth-order valence-electron chi connectivity index (χ4n) is 3.25. The smallest absolute Gasteiger partial charge is 0.356 e. The molecule has 4 aromatic rings. The maximum absolute atomic E-state index is 13.3. The predicted molar refractivity (Wildman–Crippen MR) is 116 cm³/mol. The highest BCUT2D eigenvalue weighted by Crippen LogP contribution is 2.41. The van der Waals surface area contributed by atoms with Crippen LogP contribution in [0.5, 0.6) is 0 Å². The van der Waals surface area contributed by atoms with Crippen LogP contribution in [-0.4, -0.2) is 15.1 Å². The van der Waals surface area contributed by atoms with Gasteiger partial charge < -0.3 is 4.74 Å². The van der Waals surface area contributed by atoms with Crippen molar-refractivity contribution in [3.8, 4) is 22.5 Å². The third-order valence-electron chi connectivity index (χ3n) is 4.57. The third kappa shape index (κ3) is 5.37. The van der Waals surface area contributed by atoms with Gasteiger partial charge in [-0.3, -0.25) is 4.57 Å². The van der Waals surface area contributed by atoms with E-state index in [1.54, 1.807) is 0 Å². The van der Waals surface area contributed by atoms with Crippen molar-refractivity contribution >= 4 is 11.8 Å². The Balaban J connectivity index is 1.78. The van der Waals surface area contributed by atoms with E-state index in [0.717, 1.165) is 16.7 Å². The first-order valence-corrected chi connectivity index (χ1v) is 10.4. The summed E-state index contributed by atoms with van der Waals surface area (Å²) in [5.41, 5.74) is -0.936. The van der Waals surface area contributed by atoms with Crippen LogP contribution in [0.4, 0.5) is 13.2 Å². The molecule has 0 atom stereocenters. The average Bonchev–Trinajstić information content (AvgIpc) is 3.12. The first-order chi connectivity index (χ1) is 15.0. The zero-order chi connectivity index (χ0) is 21.7. The van der Waals surface area contributed by atoms with Crippen molar-refractivity contribution in [3.63, 3.8) is 0 Å². The summed E-state index contributed by atoms with van der Waals surface area (Å²) >= 11 is -0.230. The van der Waals surface area contributed by atoms with E-state index in [1.807, 2.05) is 91.0 Å². The Hall–Kier alpha value is -3.03. The zero-order valence-electron chi connectivity index (χ0n) is 16.4. The lowest BCUT2D eigenvalue weighted by atomic mass is 10.0. The van der Waals surface area contributed by atoms with Crippen LogP contribution in [0, 0.1) is 0 Å². The molecule has 0 spiro atoms. The van der Waals surface area contributed by atoms with Crippen LogP contribution in [-0.2, 0) is 18.1 Å². The normalized spacial score (nSPS) is 11.6. The second-order valence-corrected chi connectivity index (χ2v) is 7.79. The summed E-state index contributed by atoms with van der Waals surface area (Å²) < 4.78 is 47.3.